The molecule has 0 saturated carbocycles. The van der Waals surface area contributed by atoms with Crippen molar-refractivity contribution in [3.05, 3.63) is 35.2 Å². The lowest BCUT2D eigenvalue weighted by atomic mass is 10.1. The first-order valence-corrected chi connectivity index (χ1v) is 8.66. The van der Waals surface area contributed by atoms with E-state index >= 15 is 0 Å². The van der Waals surface area contributed by atoms with Crippen LogP contribution in [0.4, 0.5) is 0 Å². The Morgan fingerprint density at radius 2 is 2.23 bits per heavy atom. The monoisotopic (exact) mass is 338 g/mol. The third kappa shape index (κ3) is 4.45. The minimum atomic E-state index is 0. The quantitative estimate of drug-likeness (QED) is 0.846. The van der Waals surface area contributed by atoms with Crippen molar-refractivity contribution in [1.29, 1.82) is 0 Å². The van der Waals surface area contributed by atoms with E-state index in [2.05, 4.69) is 40.3 Å². The van der Waals surface area contributed by atoms with Gasteiger partial charge < -0.3 is 10.6 Å². The molecule has 0 bridgehead atoms. The lowest BCUT2D eigenvalue weighted by Crippen LogP contribution is -2.37. The highest BCUT2D eigenvalue weighted by Gasteiger charge is 2.14. The van der Waals surface area contributed by atoms with Crippen LogP contribution in [0.1, 0.15) is 31.2 Å². The van der Waals surface area contributed by atoms with Gasteiger partial charge in [0.1, 0.15) is 0 Å². The van der Waals surface area contributed by atoms with Gasteiger partial charge in [0.05, 0.1) is 0 Å². The topological polar surface area (TPSA) is 41.1 Å². The summed E-state index contributed by atoms with van der Waals surface area (Å²) in [6, 6.07) is 8.97. The van der Waals surface area contributed by atoms with Gasteiger partial charge in [-0.1, -0.05) is 18.2 Å². The number of carbonyl (C=O) groups is 1. The Balaban J connectivity index is 0.00000176. The molecule has 1 aromatic carbocycles. The molecular weight excluding hydrogens is 316 g/mol. The van der Waals surface area contributed by atoms with E-state index < -0.39 is 0 Å². The molecule has 1 amide bonds. The Kier molecular flexibility index (Phi) is 6.68. The second-order valence-corrected chi connectivity index (χ2v) is 6.62. The lowest BCUT2D eigenvalue weighted by molar-refractivity contribution is -0.121. The summed E-state index contributed by atoms with van der Waals surface area (Å²) in [6.45, 7) is 1.87. The summed E-state index contributed by atoms with van der Waals surface area (Å²) in [5.74, 6) is 0.184. The fourth-order valence-electron chi connectivity index (χ4n) is 2.92. The standard InChI is InChI=1S/C17H22N2OS.ClH/c20-17(19-11-14-6-4-10-18-14)9-3-5-13-12-21-16-8-2-1-7-15(13)16;/h1-2,7-8,12,14,18H,3-6,9-11H2,(H,19,20);1H. The number of thiophene rings is 1. The van der Waals surface area contributed by atoms with Gasteiger partial charge in [-0.05, 0) is 54.6 Å². The number of benzene rings is 1. The smallest absolute Gasteiger partial charge is 0.220 e. The van der Waals surface area contributed by atoms with Crippen LogP contribution in [0.2, 0.25) is 0 Å². The first kappa shape index (κ1) is 17.3. The largest absolute Gasteiger partial charge is 0.355 e. The summed E-state index contributed by atoms with van der Waals surface area (Å²) < 4.78 is 1.34. The van der Waals surface area contributed by atoms with Crippen molar-refractivity contribution in [3.63, 3.8) is 0 Å². The summed E-state index contributed by atoms with van der Waals surface area (Å²) in [5, 5.41) is 10.0. The summed E-state index contributed by atoms with van der Waals surface area (Å²) >= 11 is 1.79. The molecule has 120 valence electrons. The second-order valence-electron chi connectivity index (χ2n) is 5.71. The molecule has 1 saturated heterocycles. The maximum atomic E-state index is 11.9. The van der Waals surface area contributed by atoms with Crippen LogP contribution < -0.4 is 10.6 Å². The molecule has 0 spiro atoms. The molecule has 1 unspecified atom stereocenters. The van der Waals surface area contributed by atoms with Gasteiger partial charge >= 0.3 is 0 Å². The van der Waals surface area contributed by atoms with Gasteiger partial charge in [0.25, 0.3) is 0 Å². The van der Waals surface area contributed by atoms with Gasteiger partial charge in [0.2, 0.25) is 5.91 Å². The van der Waals surface area contributed by atoms with E-state index in [1.165, 1.54) is 28.5 Å². The Labute approximate surface area is 141 Å². The number of amides is 1. The van der Waals surface area contributed by atoms with Crippen LogP contribution in [0.25, 0.3) is 10.1 Å². The van der Waals surface area contributed by atoms with Crippen LogP contribution in [0.5, 0.6) is 0 Å². The van der Waals surface area contributed by atoms with Crippen LogP contribution in [0, 0.1) is 0 Å². The lowest BCUT2D eigenvalue weighted by Gasteiger charge is -2.11. The summed E-state index contributed by atoms with van der Waals surface area (Å²) in [4.78, 5) is 11.9. The number of aryl methyl sites for hydroxylation is 1. The van der Waals surface area contributed by atoms with Crippen LogP contribution in [0.3, 0.4) is 0 Å². The van der Waals surface area contributed by atoms with E-state index in [9.17, 15) is 4.79 Å². The van der Waals surface area contributed by atoms with Crippen LogP contribution in [-0.2, 0) is 11.2 Å². The SMILES string of the molecule is Cl.O=C(CCCc1csc2ccccc12)NCC1CCCN1. The Morgan fingerprint density at radius 3 is 3.05 bits per heavy atom. The third-order valence-electron chi connectivity index (χ3n) is 4.12. The molecule has 2 N–H and O–H groups in total. The van der Waals surface area contributed by atoms with Gasteiger partial charge in [0, 0.05) is 23.7 Å². The Bertz CT molecular complexity index is 607. The maximum absolute atomic E-state index is 11.9. The van der Waals surface area contributed by atoms with E-state index in [1.807, 2.05) is 0 Å². The minimum absolute atomic E-state index is 0. The highest BCUT2D eigenvalue weighted by molar-refractivity contribution is 7.17. The van der Waals surface area contributed by atoms with Crippen molar-refractivity contribution in [2.45, 2.75) is 38.1 Å². The highest BCUT2D eigenvalue weighted by atomic mass is 35.5. The molecular formula is C17H23ClN2OS. The number of carbonyl (C=O) groups excluding carboxylic acids is 1. The number of hydrogen-bond acceptors (Lipinski definition) is 3. The minimum Gasteiger partial charge on any atom is -0.355 e. The van der Waals surface area contributed by atoms with Crippen LogP contribution in [-0.4, -0.2) is 25.0 Å². The predicted octanol–water partition coefficient (Wildman–Crippen LogP) is 3.51. The zero-order valence-corrected chi connectivity index (χ0v) is 14.3. The summed E-state index contributed by atoms with van der Waals surface area (Å²) in [7, 11) is 0. The molecule has 1 aliphatic heterocycles. The molecule has 1 aliphatic rings. The van der Waals surface area contributed by atoms with E-state index in [0.29, 0.717) is 12.5 Å². The summed E-state index contributed by atoms with van der Waals surface area (Å²) in [6.07, 6.45) is 4.94. The molecule has 2 heterocycles. The van der Waals surface area contributed by atoms with Gasteiger partial charge in [-0.3, -0.25) is 4.79 Å². The van der Waals surface area contributed by atoms with Crippen molar-refractivity contribution in [1.82, 2.24) is 10.6 Å². The zero-order chi connectivity index (χ0) is 14.5. The predicted molar refractivity (Wildman–Crippen MR) is 96.0 cm³/mol. The average molecular weight is 339 g/mol. The number of nitrogens with one attached hydrogen (secondary N) is 2. The van der Waals surface area contributed by atoms with E-state index in [4.69, 9.17) is 0 Å². The molecule has 2 aromatic rings. The number of hydrogen-bond donors (Lipinski definition) is 2. The second kappa shape index (κ2) is 8.51. The fraction of sp³-hybridized carbons (Fsp3) is 0.471. The third-order valence-corrected chi connectivity index (χ3v) is 5.13. The molecule has 1 aromatic heterocycles. The molecule has 3 rings (SSSR count). The Morgan fingerprint density at radius 1 is 1.36 bits per heavy atom. The van der Waals surface area contributed by atoms with Crippen molar-refractivity contribution >= 4 is 39.7 Å². The maximum Gasteiger partial charge on any atom is 0.220 e. The Hall–Kier alpha value is -1.10. The van der Waals surface area contributed by atoms with Crippen molar-refractivity contribution in [2.75, 3.05) is 13.1 Å². The highest BCUT2D eigenvalue weighted by Crippen LogP contribution is 2.26. The van der Waals surface area contributed by atoms with E-state index in [-0.39, 0.29) is 18.3 Å². The molecule has 3 nitrogen and oxygen atoms in total. The summed E-state index contributed by atoms with van der Waals surface area (Å²) in [5.41, 5.74) is 1.38. The van der Waals surface area contributed by atoms with Gasteiger partial charge in [0.15, 0.2) is 0 Å². The molecule has 22 heavy (non-hydrogen) atoms. The van der Waals surface area contributed by atoms with Crippen molar-refractivity contribution in [2.24, 2.45) is 0 Å². The normalized spacial score (nSPS) is 17.4. The van der Waals surface area contributed by atoms with Crippen LogP contribution in [0.15, 0.2) is 29.6 Å². The number of halogens is 1. The molecule has 0 radical (unpaired) electrons. The first-order valence-electron chi connectivity index (χ1n) is 7.78. The molecule has 0 aliphatic carbocycles. The number of rotatable bonds is 6. The van der Waals surface area contributed by atoms with Gasteiger partial charge in [-0.2, -0.15) is 0 Å². The molecule has 5 heteroatoms. The molecule has 1 fully saturated rings. The van der Waals surface area contributed by atoms with Gasteiger partial charge in [-0.15, -0.1) is 23.7 Å². The van der Waals surface area contributed by atoms with Crippen molar-refractivity contribution < 1.29 is 4.79 Å². The fourth-order valence-corrected chi connectivity index (χ4v) is 3.92. The van der Waals surface area contributed by atoms with E-state index in [1.54, 1.807) is 11.3 Å². The molecule has 1 atom stereocenters. The first-order chi connectivity index (χ1) is 10.3. The zero-order valence-electron chi connectivity index (χ0n) is 12.6. The number of fused-ring (bicyclic) bond motifs is 1. The van der Waals surface area contributed by atoms with Crippen molar-refractivity contribution in [3.8, 4) is 0 Å². The van der Waals surface area contributed by atoms with Gasteiger partial charge in [-0.25, -0.2) is 0 Å². The van der Waals surface area contributed by atoms with E-state index in [0.717, 1.165) is 25.9 Å². The average Bonchev–Trinajstić information content (AvgIpc) is 3.15. The van der Waals surface area contributed by atoms with Crippen LogP contribution >= 0.6 is 23.7 Å².